The summed E-state index contributed by atoms with van der Waals surface area (Å²) in [5, 5.41) is 6.25. The number of ether oxygens (including phenoxy) is 1. The van der Waals surface area contributed by atoms with Crippen molar-refractivity contribution in [3.63, 3.8) is 0 Å². The number of nitrogens with zero attached hydrogens (tertiary/aromatic N) is 3. The molecule has 7 nitrogen and oxygen atoms in total. The Hall–Kier alpha value is -1.39. The minimum Gasteiger partial charge on any atom is -0.379 e. The van der Waals surface area contributed by atoms with Gasteiger partial charge in [0.05, 0.1) is 19.7 Å². The number of likely N-dealkylation sites (N-methyl/N-ethyl adjacent to an activating group) is 2. The number of rotatable bonds is 11. The van der Waals surface area contributed by atoms with Gasteiger partial charge in [-0.1, -0.05) is 12.1 Å². The van der Waals surface area contributed by atoms with E-state index in [1.54, 1.807) is 0 Å². The van der Waals surface area contributed by atoms with E-state index in [-0.39, 0.29) is 29.9 Å². The van der Waals surface area contributed by atoms with Gasteiger partial charge in [-0.2, -0.15) is 0 Å². The van der Waals surface area contributed by atoms with Crippen molar-refractivity contribution >= 4 is 41.5 Å². The minimum atomic E-state index is -0.0232. The van der Waals surface area contributed by atoms with Gasteiger partial charge >= 0.3 is 0 Å². The van der Waals surface area contributed by atoms with E-state index >= 15 is 0 Å². The highest BCUT2D eigenvalue weighted by Gasteiger charge is 2.21. The van der Waals surface area contributed by atoms with Crippen LogP contribution in [-0.4, -0.2) is 75.7 Å². The van der Waals surface area contributed by atoms with E-state index in [9.17, 15) is 4.79 Å². The van der Waals surface area contributed by atoms with E-state index in [0.29, 0.717) is 19.7 Å². The minimum absolute atomic E-state index is 0. The first-order valence-corrected chi connectivity index (χ1v) is 10.1. The van der Waals surface area contributed by atoms with E-state index in [4.69, 9.17) is 9.73 Å². The number of aliphatic imine (C=N–C) groups is 1. The number of carbonyl (C=O) groups excluding carboxylic acids is 1. The molecule has 0 radical (unpaired) electrons. The molecule has 1 aromatic carbocycles. The molecule has 1 saturated carbocycles. The average Bonchev–Trinajstić information content (AvgIpc) is 3.46. The van der Waals surface area contributed by atoms with E-state index in [0.717, 1.165) is 42.8 Å². The second kappa shape index (κ2) is 13.8. The number of hydrogen-bond donors (Lipinski definition) is 2. The van der Waals surface area contributed by atoms with Crippen molar-refractivity contribution in [2.24, 2.45) is 10.9 Å². The van der Waals surface area contributed by atoms with Crippen molar-refractivity contribution in [2.45, 2.75) is 26.3 Å². The summed E-state index contributed by atoms with van der Waals surface area (Å²) in [6.45, 7) is 6.19. The van der Waals surface area contributed by atoms with Crippen molar-refractivity contribution in [2.75, 3.05) is 59.3 Å². The molecule has 1 aromatic rings. The summed E-state index contributed by atoms with van der Waals surface area (Å²) in [6.07, 6.45) is 2.63. The second-order valence-electron chi connectivity index (χ2n) is 7.60. The molecule has 8 heteroatoms. The van der Waals surface area contributed by atoms with Gasteiger partial charge in [-0.25, -0.2) is 4.99 Å². The van der Waals surface area contributed by atoms with Crippen molar-refractivity contribution in [3.05, 3.63) is 29.8 Å². The van der Waals surface area contributed by atoms with Crippen LogP contribution in [0.3, 0.4) is 0 Å². The highest BCUT2D eigenvalue weighted by molar-refractivity contribution is 14.0. The number of benzene rings is 1. The summed E-state index contributed by atoms with van der Waals surface area (Å²) in [5.41, 5.74) is 1.85. The number of guanidine groups is 1. The van der Waals surface area contributed by atoms with Gasteiger partial charge in [-0.15, -0.1) is 24.0 Å². The van der Waals surface area contributed by atoms with Gasteiger partial charge in [-0.3, -0.25) is 4.79 Å². The fourth-order valence-corrected chi connectivity index (χ4v) is 2.71. The highest BCUT2D eigenvalue weighted by Crippen LogP contribution is 2.28. The molecule has 1 amide bonds. The largest absolute Gasteiger partial charge is 0.379 e. The molecule has 2 rings (SSSR count). The molecule has 164 valence electrons. The molecule has 0 aliphatic heterocycles. The Morgan fingerprint density at radius 1 is 1.28 bits per heavy atom. The smallest absolute Gasteiger partial charge is 0.238 e. The van der Waals surface area contributed by atoms with E-state index < -0.39 is 0 Å². The lowest BCUT2D eigenvalue weighted by molar-refractivity contribution is -0.116. The molecule has 1 aliphatic carbocycles. The van der Waals surface area contributed by atoms with Gasteiger partial charge in [0, 0.05) is 32.4 Å². The number of carbonyl (C=O) groups is 1. The van der Waals surface area contributed by atoms with E-state index in [1.165, 1.54) is 12.8 Å². The van der Waals surface area contributed by atoms with Crippen LogP contribution in [0.4, 0.5) is 5.69 Å². The Morgan fingerprint density at radius 3 is 2.69 bits per heavy atom. The summed E-state index contributed by atoms with van der Waals surface area (Å²) in [4.78, 5) is 20.6. The third-order valence-corrected chi connectivity index (χ3v) is 4.40. The zero-order valence-corrected chi connectivity index (χ0v) is 20.4. The summed E-state index contributed by atoms with van der Waals surface area (Å²) in [6, 6.07) is 7.83. The number of anilines is 1. The SMILES string of the molecule is CCNC(=NCc1cccc(NC(=O)CN(C)C)c1)N(C)CCOCC1CC1.I. The van der Waals surface area contributed by atoms with Crippen LogP contribution < -0.4 is 10.6 Å². The van der Waals surface area contributed by atoms with Crippen molar-refractivity contribution in [3.8, 4) is 0 Å². The van der Waals surface area contributed by atoms with Gasteiger partial charge in [0.1, 0.15) is 0 Å². The first kappa shape index (κ1) is 25.6. The first-order chi connectivity index (χ1) is 13.5. The zero-order chi connectivity index (χ0) is 20.4. The monoisotopic (exact) mass is 517 g/mol. The summed E-state index contributed by atoms with van der Waals surface area (Å²) in [7, 11) is 5.78. The summed E-state index contributed by atoms with van der Waals surface area (Å²) < 4.78 is 5.73. The second-order valence-corrected chi connectivity index (χ2v) is 7.60. The summed E-state index contributed by atoms with van der Waals surface area (Å²) in [5.74, 6) is 1.63. The topological polar surface area (TPSA) is 69.2 Å². The standard InChI is InChI=1S/C21H35N5O2.HI/c1-5-22-21(26(4)11-12-28-16-17-9-10-17)23-14-18-7-6-8-19(13-18)24-20(27)15-25(2)3;/h6-8,13,17H,5,9-12,14-16H2,1-4H3,(H,22,23)(H,24,27);1H. The van der Waals surface area contributed by atoms with Crippen LogP contribution >= 0.6 is 24.0 Å². The fraction of sp³-hybridized carbons (Fsp3) is 0.619. The van der Waals surface area contributed by atoms with Crippen LogP contribution in [-0.2, 0) is 16.1 Å². The molecule has 0 heterocycles. The number of hydrogen-bond acceptors (Lipinski definition) is 4. The van der Waals surface area contributed by atoms with Gasteiger partial charge in [0.2, 0.25) is 5.91 Å². The van der Waals surface area contributed by atoms with Crippen LogP contribution in [0.1, 0.15) is 25.3 Å². The fourth-order valence-electron chi connectivity index (χ4n) is 2.71. The lowest BCUT2D eigenvalue weighted by Crippen LogP contribution is -2.40. The maximum Gasteiger partial charge on any atom is 0.238 e. The van der Waals surface area contributed by atoms with Crippen LogP contribution in [0.5, 0.6) is 0 Å². The maximum absolute atomic E-state index is 11.9. The molecule has 0 aromatic heterocycles. The van der Waals surface area contributed by atoms with Gasteiger partial charge in [-0.05, 0) is 57.5 Å². The predicted octanol–water partition coefficient (Wildman–Crippen LogP) is 2.63. The van der Waals surface area contributed by atoms with Crippen LogP contribution in [0.25, 0.3) is 0 Å². The molecule has 29 heavy (non-hydrogen) atoms. The molecule has 0 spiro atoms. The molecule has 1 aliphatic rings. The maximum atomic E-state index is 11.9. The molecule has 2 N–H and O–H groups in total. The molecule has 0 bridgehead atoms. The van der Waals surface area contributed by atoms with Gasteiger partial charge in [0.15, 0.2) is 5.96 Å². The number of nitrogens with one attached hydrogen (secondary N) is 2. The zero-order valence-electron chi connectivity index (χ0n) is 18.1. The van der Waals surface area contributed by atoms with E-state index in [2.05, 4.69) is 22.5 Å². The van der Waals surface area contributed by atoms with Crippen LogP contribution in [0.15, 0.2) is 29.3 Å². The Morgan fingerprint density at radius 2 is 2.03 bits per heavy atom. The first-order valence-electron chi connectivity index (χ1n) is 10.1. The van der Waals surface area contributed by atoms with E-state index in [1.807, 2.05) is 50.3 Å². The Labute approximate surface area is 192 Å². The summed E-state index contributed by atoms with van der Waals surface area (Å²) >= 11 is 0. The van der Waals surface area contributed by atoms with Crippen molar-refractivity contribution in [1.29, 1.82) is 0 Å². The molecule has 0 atom stereocenters. The predicted molar refractivity (Wildman–Crippen MR) is 130 cm³/mol. The van der Waals surface area contributed by atoms with Crippen molar-refractivity contribution in [1.82, 2.24) is 15.1 Å². The Bertz CT molecular complexity index is 650. The lowest BCUT2D eigenvalue weighted by Gasteiger charge is -2.22. The molecular formula is C21H36IN5O2. The van der Waals surface area contributed by atoms with Crippen LogP contribution in [0, 0.1) is 5.92 Å². The molecule has 0 unspecified atom stereocenters. The molecule has 1 fully saturated rings. The Kier molecular flexibility index (Phi) is 12.2. The van der Waals surface area contributed by atoms with Gasteiger partial charge < -0.3 is 25.2 Å². The normalized spacial score (nSPS) is 13.8. The molecule has 0 saturated heterocycles. The third-order valence-electron chi connectivity index (χ3n) is 4.40. The number of halogens is 1. The average molecular weight is 517 g/mol. The quantitative estimate of drug-likeness (QED) is 0.205. The van der Waals surface area contributed by atoms with Gasteiger partial charge in [0.25, 0.3) is 0 Å². The third kappa shape index (κ3) is 10.8. The lowest BCUT2D eigenvalue weighted by atomic mass is 10.2. The van der Waals surface area contributed by atoms with Crippen LogP contribution in [0.2, 0.25) is 0 Å². The molecular weight excluding hydrogens is 481 g/mol. The Balaban J connectivity index is 0.00000420. The van der Waals surface area contributed by atoms with Crippen molar-refractivity contribution < 1.29 is 9.53 Å². The highest BCUT2D eigenvalue weighted by atomic mass is 127. The number of amides is 1.